The van der Waals surface area contributed by atoms with Crippen molar-refractivity contribution in [3.8, 4) is 5.75 Å². The molecule has 104 valence electrons. The first-order valence-electron chi connectivity index (χ1n) is 6.73. The Morgan fingerprint density at radius 2 is 2.05 bits per heavy atom. The molecule has 19 heavy (non-hydrogen) atoms. The zero-order chi connectivity index (χ0) is 13.8. The third-order valence-electron chi connectivity index (χ3n) is 3.78. The van der Waals surface area contributed by atoms with Gasteiger partial charge in [0, 0.05) is 19.1 Å². The van der Waals surface area contributed by atoms with Crippen LogP contribution in [-0.4, -0.2) is 36.2 Å². The SMILES string of the molecule is CCC(c1ccc(OC)cc1)N1CC(CC(=O)O)C1. The van der Waals surface area contributed by atoms with Crippen LogP contribution in [0.2, 0.25) is 0 Å². The molecule has 0 saturated carbocycles. The van der Waals surface area contributed by atoms with Crippen molar-refractivity contribution in [1.82, 2.24) is 4.90 Å². The molecular formula is C15H21NO3. The minimum Gasteiger partial charge on any atom is -0.497 e. The Labute approximate surface area is 114 Å². The molecule has 0 aliphatic carbocycles. The number of nitrogens with zero attached hydrogens (tertiary/aromatic N) is 1. The molecule has 0 aromatic heterocycles. The number of rotatable bonds is 6. The van der Waals surface area contributed by atoms with Crippen LogP contribution < -0.4 is 4.74 Å². The number of likely N-dealkylation sites (tertiary alicyclic amines) is 1. The molecule has 1 aliphatic rings. The second-order valence-electron chi connectivity index (χ2n) is 5.11. The first-order valence-corrected chi connectivity index (χ1v) is 6.73. The van der Waals surface area contributed by atoms with Crippen LogP contribution in [0.25, 0.3) is 0 Å². The van der Waals surface area contributed by atoms with E-state index in [1.807, 2.05) is 12.1 Å². The fraction of sp³-hybridized carbons (Fsp3) is 0.533. The van der Waals surface area contributed by atoms with Gasteiger partial charge in [-0.1, -0.05) is 19.1 Å². The highest BCUT2D eigenvalue weighted by Gasteiger charge is 2.33. The van der Waals surface area contributed by atoms with Crippen LogP contribution in [-0.2, 0) is 4.79 Å². The molecule has 1 aromatic carbocycles. The van der Waals surface area contributed by atoms with E-state index in [9.17, 15) is 4.79 Å². The van der Waals surface area contributed by atoms with Crippen LogP contribution in [0, 0.1) is 5.92 Å². The summed E-state index contributed by atoms with van der Waals surface area (Å²) in [5.74, 6) is 0.484. The molecule has 0 amide bonds. The zero-order valence-electron chi connectivity index (χ0n) is 11.5. The van der Waals surface area contributed by atoms with Gasteiger partial charge in [0.15, 0.2) is 0 Å². The fourth-order valence-electron chi connectivity index (χ4n) is 2.77. The molecule has 1 N–H and O–H groups in total. The Morgan fingerprint density at radius 1 is 1.42 bits per heavy atom. The Balaban J connectivity index is 1.95. The minimum absolute atomic E-state index is 0.287. The standard InChI is InChI=1S/C15H21NO3/c1-3-14(12-4-6-13(19-2)7-5-12)16-9-11(10-16)8-15(17)18/h4-7,11,14H,3,8-10H2,1-2H3,(H,17,18). The molecule has 1 aliphatic heterocycles. The van der Waals surface area contributed by atoms with Gasteiger partial charge in [0.05, 0.1) is 13.5 Å². The Kier molecular flexibility index (Phi) is 4.43. The molecule has 4 heteroatoms. The molecule has 0 bridgehead atoms. The number of carboxylic acids is 1. The molecule has 4 nitrogen and oxygen atoms in total. The summed E-state index contributed by atoms with van der Waals surface area (Å²) in [5.41, 5.74) is 1.28. The summed E-state index contributed by atoms with van der Waals surface area (Å²) in [6.07, 6.45) is 1.32. The van der Waals surface area contributed by atoms with Crippen LogP contribution in [0.15, 0.2) is 24.3 Å². The maximum Gasteiger partial charge on any atom is 0.303 e. The van der Waals surface area contributed by atoms with Crippen molar-refractivity contribution in [2.24, 2.45) is 5.92 Å². The molecule has 2 rings (SSSR count). The van der Waals surface area contributed by atoms with Crippen LogP contribution in [0.4, 0.5) is 0 Å². The summed E-state index contributed by atoms with van der Waals surface area (Å²) in [5, 5.41) is 8.77. The van der Waals surface area contributed by atoms with E-state index in [4.69, 9.17) is 9.84 Å². The van der Waals surface area contributed by atoms with Gasteiger partial charge in [-0.05, 0) is 30.0 Å². The fourth-order valence-corrected chi connectivity index (χ4v) is 2.77. The van der Waals surface area contributed by atoms with Gasteiger partial charge in [-0.15, -0.1) is 0 Å². The highest BCUT2D eigenvalue weighted by molar-refractivity contribution is 5.67. The van der Waals surface area contributed by atoms with Gasteiger partial charge in [0.25, 0.3) is 0 Å². The van der Waals surface area contributed by atoms with Gasteiger partial charge < -0.3 is 9.84 Å². The Bertz CT molecular complexity index is 424. The molecule has 1 heterocycles. The van der Waals surface area contributed by atoms with Crippen molar-refractivity contribution in [2.75, 3.05) is 20.2 Å². The monoisotopic (exact) mass is 263 g/mol. The Hall–Kier alpha value is -1.55. The van der Waals surface area contributed by atoms with E-state index in [1.54, 1.807) is 7.11 Å². The van der Waals surface area contributed by atoms with Gasteiger partial charge >= 0.3 is 5.97 Å². The number of carbonyl (C=O) groups is 1. The first kappa shape index (κ1) is 13.9. The van der Waals surface area contributed by atoms with Gasteiger partial charge in [-0.2, -0.15) is 0 Å². The minimum atomic E-state index is -0.692. The highest BCUT2D eigenvalue weighted by Crippen LogP contribution is 2.33. The summed E-state index contributed by atoms with van der Waals surface area (Å²) in [7, 11) is 1.66. The summed E-state index contributed by atoms with van der Waals surface area (Å²) in [6, 6.07) is 8.53. The van der Waals surface area contributed by atoms with E-state index in [-0.39, 0.29) is 6.42 Å². The number of methoxy groups -OCH3 is 1. The van der Waals surface area contributed by atoms with Gasteiger partial charge in [-0.25, -0.2) is 0 Å². The lowest BCUT2D eigenvalue weighted by Gasteiger charge is -2.44. The molecular weight excluding hydrogens is 242 g/mol. The van der Waals surface area contributed by atoms with Crippen LogP contribution >= 0.6 is 0 Å². The maximum absolute atomic E-state index is 10.7. The summed E-state index contributed by atoms with van der Waals surface area (Å²) >= 11 is 0. The number of hydrogen-bond acceptors (Lipinski definition) is 3. The number of ether oxygens (including phenoxy) is 1. The summed E-state index contributed by atoms with van der Waals surface area (Å²) in [4.78, 5) is 13.0. The van der Waals surface area contributed by atoms with E-state index in [0.717, 1.165) is 25.3 Å². The van der Waals surface area contributed by atoms with Gasteiger partial charge in [-0.3, -0.25) is 9.69 Å². The predicted molar refractivity (Wildman–Crippen MR) is 73.3 cm³/mol. The quantitative estimate of drug-likeness (QED) is 0.857. The molecule has 1 fully saturated rings. The summed E-state index contributed by atoms with van der Waals surface area (Å²) < 4.78 is 5.17. The lowest BCUT2D eigenvalue weighted by Crippen LogP contribution is -2.49. The van der Waals surface area contributed by atoms with Crippen LogP contribution in [0.1, 0.15) is 31.4 Å². The lowest BCUT2D eigenvalue weighted by atomic mass is 9.91. The van der Waals surface area contributed by atoms with E-state index >= 15 is 0 Å². The molecule has 1 atom stereocenters. The highest BCUT2D eigenvalue weighted by atomic mass is 16.5. The molecule has 1 unspecified atom stereocenters. The first-order chi connectivity index (χ1) is 9.13. The van der Waals surface area contributed by atoms with Crippen LogP contribution in [0.5, 0.6) is 5.75 Å². The van der Waals surface area contributed by atoms with Crippen molar-refractivity contribution >= 4 is 5.97 Å². The summed E-state index contributed by atoms with van der Waals surface area (Å²) in [6.45, 7) is 3.94. The zero-order valence-corrected chi connectivity index (χ0v) is 11.5. The molecule has 1 aromatic rings. The number of hydrogen-bond donors (Lipinski definition) is 1. The van der Waals surface area contributed by atoms with E-state index < -0.39 is 5.97 Å². The number of carboxylic acid groups (broad SMARTS) is 1. The molecule has 1 saturated heterocycles. The van der Waals surface area contributed by atoms with Crippen LogP contribution in [0.3, 0.4) is 0 Å². The van der Waals surface area contributed by atoms with Crippen molar-refractivity contribution in [2.45, 2.75) is 25.8 Å². The number of benzene rings is 1. The van der Waals surface area contributed by atoms with E-state index in [1.165, 1.54) is 5.56 Å². The van der Waals surface area contributed by atoms with Gasteiger partial charge in [0.2, 0.25) is 0 Å². The molecule has 0 spiro atoms. The second kappa shape index (κ2) is 6.06. The smallest absolute Gasteiger partial charge is 0.303 e. The van der Waals surface area contributed by atoms with Crippen molar-refractivity contribution in [3.05, 3.63) is 29.8 Å². The maximum atomic E-state index is 10.7. The topological polar surface area (TPSA) is 49.8 Å². The third-order valence-corrected chi connectivity index (χ3v) is 3.78. The van der Waals surface area contributed by atoms with Crippen molar-refractivity contribution in [1.29, 1.82) is 0 Å². The average Bonchev–Trinajstić information content (AvgIpc) is 2.37. The second-order valence-corrected chi connectivity index (χ2v) is 5.11. The lowest BCUT2D eigenvalue weighted by molar-refractivity contribution is -0.139. The van der Waals surface area contributed by atoms with Gasteiger partial charge in [0.1, 0.15) is 5.75 Å². The van der Waals surface area contributed by atoms with Crippen molar-refractivity contribution < 1.29 is 14.6 Å². The van der Waals surface area contributed by atoms with Crippen molar-refractivity contribution in [3.63, 3.8) is 0 Å². The molecule has 0 radical (unpaired) electrons. The largest absolute Gasteiger partial charge is 0.497 e. The van der Waals surface area contributed by atoms with E-state index in [2.05, 4.69) is 24.0 Å². The normalized spacial score (nSPS) is 17.8. The Morgan fingerprint density at radius 3 is 2.53 bits per heavy atom. The predicted octanol–water partition coefficient (Wildman–Crippen LogP) is 2.55. The third kappa shape index (κ3) is 3.26. The average molecular weight is 263 g/mol. The van der Waals surface area contributed by atoms with E-state index in [0.29, 0.717) is 12.0 Å². The number of aliphatic carboxylic acids is 1.